The number of nitrogens with two attached hydrogens (primary N) is 2. The van der Waals surface area contributed by atoms with Crippen LogP contribution in [0.1, 0.15) is 18.1 Å². The normalized spacial score (nSPS) is 11.2. The lowest BCUT2D eigenvalue weighted by molar-refractivity contribution is -0.464. The quantitative estimate of drug-likeness (QED) is 0.352. The summed E-state index contributed by atoms with van der Waals surface area (Å²) >= 11 is 0. The fourth-order valence-corrected chi connectivity index (χ4v) is 1.48. The first-order valence-electron chi connectivity index (χ1n) is 5.43. The molecule has 0 heterocycles. The van der Waals surface area contributed by atoms with Crippen molar-refractivity contribution < 1.29 is 14.6 Å². The Morgan fingerprint density at radius 2 is 2.06 bits per heavy atom. The molecule has 0 fully saturated rings. The van der Waals surface area contributed by atoms with Gasteiger partial charge in [-0.3, -0.25) is 11.5 Å². The molecule has 0 aliphatic carbocycles. The van der Waals surface area contributed by atoms with Gasteiger partial charge in [-0.2, -0.15) is 5.10 Å². The number of rotatable bonds is 5. The molecule has 1 rings (SSSR count). The van der Waals surface area contributed by atoms with E-state index in [1.54, 1.807) is 14.2 Å². The van der Waals surface area contributed by atoms with Crippen LogP contribution in [0.2, 0.25) is 0 Å². The van der Waals surface area contributed by atoms with Gasteiger partial charge in [-0.15, -0.1) is 5.10 Å². The molecule has 0 aromatic heterocycles. The number of guanidine groups is 1. The summed E-state index contributed by atoms with van der Waals surface area (Å²) in [7, 11) is 3.26. The molecule has 0 radical (unpaired) electrons. The SMILES string of the molecule is COCc1cc(/C(C)=N\[NH+]=C(N)N)ccc1OC. The highest BCUT2D eigenvalue weighted by Crippen LogP contribution is 2.20. The van der Waals surface area contributed by atoms with Crippen molar-refractivity contribution in [3.8, 4) is 5.75 Å². The number of hydrazone groups is 1. The van der Waals surface area contributed by atoms with E-state index in [1.807, 2.05) is 25.1 Å². The second-order valence-electron chi connectivity index (χ2n) is 3.72. The first-order valence-corrected chi connectivity index (χ1v) is 5.43. The van der Waals surface area contributed by atoms with Crippen LogP contribution in [-0.2, 0) is 11.3 Å². The smallest absolute Gasteiger partial charge is 0.362 e. The van der Waals surface area contributed by atoms with E-state index in [0.29, 0.717) is 6.61 Å². The van der Waals surface area contributed by atoms with Gasteiger partial charge in [-0.25, -0.2) is 0 Å². The standard InChI is InChI=1S/C12H18N4O2/c1-8(15-16-12(13)14)9-4-5-11(18-3)10(6-9)7-17-2/h4-6H,7H2,1-3H3,(H4,13,14,16)/p+1/b15-8-. The van der Waals surface area contributed by atoms with Crippen molar-refractivity contribution in [2.24, 2.45) is 16.6 Å². The van der Waals surface area contributed by atoms with E-state index in [9.17, 15) is 0 Å². The third-order valence-electron chi connectivity index (χ3n) is 2.35. The highest BCUT2D eigenvalue weighted by atomic mass is 16.5. The molecule has 18 heavy (non-hydrogen) atoms. The van der Waals surface area contributed by atoms with Crippen molar-refractivity contribution in [1.29, 1.82) is 0 Å². The molecule has 0 spiro atoms. The molecule has 0 aliphatic heterocycles. The fraction of sp³-hybridized carbons (Fsp3) is 0.333. The average Bonchev–Trinajstić information content (AvgIpc) is 2.36. The summed E-state index contributed by atoms with van der Waals surface area (Å²) < 4.78 is 10.4. The number of ether oxygens (including phenoxy) is 2. The summed E-state index contributed by atoms with van der Waals surface area (Å²) in [4.78, 5) is 0. The van der Waals surface area contributed by atoms with E-state index in [4.69, 9.17) is 20.9 Å². The lowest BCUT2D eigenvalue weighted by Gasteiger charge is -2.09. The molecule has 1 aromatic carbocycles. The molecule has 5 N–H and O–H groups in total. The maximum absolute atomic E-state index is 5.28. The van der Waals surface area contributed by atoms with E-state index in [0.717, 1.165) is 22.6 Å². The van der Waals surface area contributed by atoms with Gasteiger partial charge in [0.05, 0.1) is 19.4 Å². The molecular formula is C12H19N4O2+. The van der Waals surface area contributed by atoms with Gasteiger partial charge in [-0.1, -0.05) is 0 Å². The van der Waals surface area contributed by atoms with Crippen LogP contribution in [0.3, 0.4) is 0 Å². The second-order valence-corrected chi connectivity index (χ2v) is 3.72. The van der Waals surface area contributed by atoms with E-state index in [2.05, 4.69) is 10.2 Å². The highest BCUT2D eigenvalue weighted by molar-refractivity contribution is 5.98. The van der Waals surface area contributed by atoms with Crippen LogP contribution < -0.4 is 21.3 Å². The molecule has 0 atom stereocenters. The van der Waals surface area contributed by atoms with Crippen LogP contribution in [0.15, 0.2) is 23.3 Å². The van der Waals surface area contributed by atoms with Crippen molar-refractivity contribution >= 4 is 11.7 Å². The van der Waals surface area contributed by atoms with Gasteiger partial charge in [0.15, 0.2) is 0 Å². The van der Waals surface area contributed by atoms with E-state index in [-0.39, 0.29) is 5.96 Å². The van der Waals surface area contributed by atoms with Crippen molar-refractivity contribution in [3.63, 3.8) is 0 Å². The molecule has 6 heteroatoms. The van der Waals surface area contributed by atoms with Gasteiger partial charge < -0.3 is 9.47 Å². The average molecular weight is 251 g/mol. The zero-order valence-corrected chi connectivity index (χ0v) is 10.9. The minimum absolute atomic E-state index is 0.0555. The maximum atomic E-state index is 5.28. The fourth-order valence-electron chi connectivity index (χ4n) is 1.48. The van der Waals surface area contributed by atoms with Crippen LogP contribution in [-0.4, -0.2) is 25.9 Å². The van der Waals surface area contributed by atoms with Gasteiger partial charge in [0.2, 0.25) is 0 Å². The van der Waals surface area contributed by atoms with Crippen molar-refractivity contribution in [3.05, 3.63) is 29.3 Å². The number of nitrogens with zero attached hydrogens (tertiary/aromatic N) is 1. The van der Waals surface area contributed by atoms with Gasteiger partial charge in [-0.05, 0) is 30.7 Å². The molecule has 0 aliphatic rings. The Kier molecular flexibility index (Phi) is 5.13. The molecule has 98 valence electrons. The van der Waals surface area contributed by atoms with Crippen LogP contribution >= 0.6 is 0 Å². The summed E-state index contributed by atoms with van der Waals surface area (Å²) in [6, 6.07) is 5.74. The minimum Gasteiger partial charge on any atom is -0.496 e. The summed E-state index contributed by atoms with van der Waals surface area (Å²) in [5.41, 5.74) is 13.2. The van der Waals surface area contributed by atoms with E-state index < -0.39 is 0 Å². The molecule has 0 amide bonds. The lowest BCUT2D eigenvalue weighted by atomic mass is 10.1. The first-order chi connectivity index (χ1) is 8.58. The van der Waals surface area contributed by atoms with Crippen LogP contribution in [0.5, 0.6) is 5.75 Å². The Morgan fingerprint density at radius 1 is 1.33 bits per heavy atom. The van der Waals surface area contributed by atoms with Crippen molar-refractivity contribution in [2.45, 2.75) is 13.5 Å². The number of hydrogen-bond donors (Lipinski definition) is 3. The molecule has 0 unspecified atom stereocenters. The summed E-state index contributed by atoms with van der Waals surface area (Å²) in [5, 5.41) is 6.57. The predicted octanol–water partition coefficient (Wildman–Crippen LogP) is -1.08. The Hall–Kier alpha value is -2.08. The second kappa shape index (κ2) is 6.61. The van der Waals surface area contributed by atoms with Crippen LogP contribution in [0, 0.1) is 0 Å². The number of nitrogens with one attached hydrogen (secondary N) is 1. The van der Waals surface area contributed by atoms with Crippen molar-refractivity contribution in [2.75, 3.05) is 14.2 Å². The monoisotopic (exact) mass is 251 g/mol. The minimum atomic E-state index is 0.0555. The molecule has 0 bridgehead atoms. The Balaban J connectivity index is 3.07. The zero-order valence-electron chi connectivity index (χ0n) is 10.9. The van der Waals surface area contributed by atoms with Gasteiger partial charge in [0.25, 0.3) is 0 Å². The topological polar surface area (TPSA) is 96.8 Å². The highest BCUT2D eigenvalue weighted by Gasteiger charge is 2.06. The Labute approximate surface area is 106 Å². The zero-order chi connectivity index (χ0) is 13.5. The first kappa shape index (κ1) is 14.0. The van der Waals surface area contributed by atoms with E-state index >= 15 is 0 Å². The Bertz CT molecular complexity index is 465. The Morgan fingerprint density at radius 3 is 2.61 bits per heavy atom. The van der Waals surface area contributed by atoms with E-state index in [1.165, 1.54) is 0 Å². The summed E-state index contributed by atoms with van der Waals surface area (Å²) in [6.45, 7) is 2.33. The third-order valence-corrected chi connectivity index (χ3v) is 2.35. The van der Waals surface area contributed by atoms with Crippen LogP contribution in [0.4, 0.5) is 0 Å². The molecule has 0 saturated carbocycles. The number of benzene rings is 1. The molecular weight excluding hydrogens is 232 g/mol. The number of methoxy groups -OCH3 is 2. The lowest BCUT2D eigenvalue weighted by Crippen LogP contribution is -2.72. The summed E-state index contributed by atoms with van der Waals surface area (Å²) in [5.74, 6) is 0.839. The molecule has 1 aromatic rings. The van der Waals surface area contributed by atoms with Crippen molar-refractivity contribution in [1.82, 2.24) is 0 Å². The maximum Gasteiger partial charge on any atom is 0.362 e. The van der Waals surface area contributed by atoms with Gasteiger partial charge in [0, 0.05) is 12.7 Å². The summed E-state index contributed by atoms with van der Waals surface area (Å²) in [6.07, 6.45) is 0. The van der Waals surface area contributed by atoms with Gasteiger partial charge in [0.1, 0.15) is 5.75 Å². The third kappa shape index (κ3) is 3.74. The molecule has 0 saturated heterocycles. The molecule has 6 nitrogen and oxygen atoms in total. The number of hydrogen-bond acceptors (Lipinski definition) is 3. The van der Waals surface area contributed by atoms with Gasteiger partial charge >= 0.3 is 5.96 Å². The predicted molar refractivity (Wildman–Crippen MR) is 70.3 cm³/mol. The largest absolute Gasteiger partial charge is 0.496 e. The van der Waals surface area contributed by atoms with Crippen LogP contribution in [0.25, 0.3) is 0 Å².